The number of rotatable bonds is 3. The van der Waals surface area contributed by atoms with Gasteiger partial charge >= 0.3 is 0 Å². The molecule has 2 rings (SSSR count). The summed E-state index contributed by atoms with van der Waals surface area (Å²) in [6.45, 7) is 3.92. The lowest BCUT2D eigenvalue weighted by Crippen LogP contribution is -2.34. The average molecular weight is 293 g/mol. The first-order valence-corrected chi connectivity index (χ1v) is 7.16. The molecule has 0 saturated carbocycles. The molecule has 19 heavy (non-hydrogen) atoms. The molecule has 0 aromatic heterocycles. The third-order valence-electron chi connectivity index (χ3n) is 2.75. The summed E-state index contributed by atoms with van der Waals surface area (Å²) in [6.07, 6.45) is 1.86. The Morgan fingerprint density at radius 2 is 1.95 bits per heavy atom. The molecule has 3 nitrogen and oxygen atoms in total. The Morgan fingerprint density at radius 3 is 2.42 bits per heavy atom. The number of carbonyl (C=O) groups excluding carboxylic acids is 1. The zero-order chi connectivity index (χ0) is 14.0. The molecule has 1 saturated heterocycles. The van der Waals surface area contributed by atoms with Crippen molar-refractivity contribution in [1.29, 1.82) is 0 Å². The number of amides is 1. The standard InChI is InChI=1S/C14H15NO2S2/c1-9(2)15-13(16)12(19-14(15)18)8-10-4-6-11(17-3)7-5-10/h4-9H,1-3H3. The number of thioether (sulfide) groups is 1. The highest BCUT2D eigenvalue weighted by Crippen LogP contribution is 2.33. The zero-order valence-corrected chi connectivity index (χ0v) is 12.7. The van der Waals surface area contributed by atoms with Gasteiger partial charge in [0.25, 0.3) is 5.91 Å². The summed E-state index contributed by atoms with van der Waals surface area (Å²) < 4.78 is 5.73. The molecule has 100 valence electrons. The molecular formula is C14H15NO2S2. The van der Waals surface area contributed by atoms with Crippen molar-refractivity contribution in [2.24, 2.45) is 0 Å². The minimum Gasteiger partial charge on any atom is -0.497 e. The molecule has 0 N–H and O–H groups in total. The van der Waals surface area contributed by atoms with Crippen molar-refractivity contribution in [1.82, 2.24) is 4.90 Å². The molecule has 1 aliphatic heterocycles. The Kier molecular flexibility index (Phi) is 4.27. The number of ether oxygens (including phenoxy) is 1. The highest BCUT2D eigenvalue weighted by molar-refractivity contribution is 8.26. The van der Waals surface area contributed by atoms with Crippen molar-refractivity contribution in [3.63, 3.8) is 0 Å². The minimum absolute atomic E-state index is 0.0131. The van der Waals surface area contributed by atoms with E-state index in [0.717, 1.165) is 11.3 Å². The van der Waals surface area contributed by atoms with Crippen LogP contribution in [0.25, 0.3) is 6.08 Å². The SMILES string of the molecule is COc1ccc(C=C2SC(=S)N(C(C)C)C2=O)cc1. The lowest BCUT2D eigenvalue weighted by Gasteiger charge is -2.18. The van der Waals surface area contributed by atoms with Gasteiger partial charge in [0.05, 0.1) is 12.0 Å². The molecule has 1 fully saturated rings. The number of carbonyl (C=O) groups is 1. The fraction of sp³-hybridized carbons (Fsp3) is 0.286. The topological polar surface area (TPSA) is 29.5 Å². The highest BCUT2D eigenvalue weighted by Gasteiger charge is 2.33. The molecule has 5 heteroatoms. The summed E-state index contributed by atoms with van der Waals surface area (Å²) in [4.78, 5) is 14.5. The van der Waals surface area contributed by atoms with E-state index in [9.17, 15) is 4.79 Å². The second-order valence-corrected chi connectivity index (χ2v) is 6.09. The molecule has 0 bridgehead atoms. The quantitative estimate of drug-likeness (QED) is 0.632. The van der Waals surface area contributed by atoms with Gasteiger partial charge in [-0.25, -0.2) is 0 Å². The van der Waals surface area contributed by atoms with Crippen molar-refractivity contribution < 1.29 is 9.53 Å². The van der Waals surface area contributed by atoms with Crippen molar-refractivity contribution in [3.05, 3.63) is 34.7 Å². The summed E-state index contributed by atoms with van der Waals surface area (Å²) in [7, 11) is 1.63. The monoisotopic (exact) mass is 293 g/mol. The summed E-state index contributed by atoms with van der Waals surface area (Å²) in [5.74, 6) is 0.785. The van der Waals surface area contributed by atoms with E-state index >= 15 is 0 Å². The summed E-state index contributed by atoms with van der Waals surface area (Å²) >= 11 is 6.59. The number of methoxy groups -OCH3 is 1. The van der Waals surface area contributed by atoms with Gasteiger partial charge in [-0.15, -0.1) is 0 Å². The Hall–Kier alpha value is -1.33. The van der Waals surface area contributed by atoms with Crippen LogP contribution in [0.1, 0.15) is 19.4 Å². The predicted octanol–water partition coefficient (Wildman–Crippen LogP) is 3.30. The van der Waals surface area contributed by atoms with E-state index in [0.29, 0.717) is 9.23 Å². The zero-order valence-electron chi connectivity index (χ0n) is 11.0. The molecule has 1 aromatic rings. The van der Waals surface area contributed by atoms with Crippen molar-refractivity contribution >= 4 is 40.3 Å². The summed E-state index contributed by atoms with van der Waals surface area (Å²) in [5, 5.41) is 0. The molecule has 0 unspecified atom stereocenters. The molecule has 0 spiro atoms. The maximum absolute atomic E-state index is 12.2. The predicted molar refractivity (Wildman–Crippen MR) is 83.1 cm³/mol. The molecule has 0 aliphatic carbocycles. The van der Waals surface area contributed by atoms with Gasteiger partial charge < -0.3 is 4.74 Å². The third-order valence-corrected chi connectivity index (χ3v) is 4.08. The summed E-state index contributed by atoms with van der Waals surface area (Å²) in [5.41, 5.74) is 0.963. The number of nitrogens with zero attached hydrogens (tertiary/aromatic N) is 1. The van der Waals surface area contributed by atoms with E-state index in [1.54, 1.807) is 12.0 Å². The van der Waals surface area contributed by atoms with Crippen LogP contribution >= 0.6 is 24.0 Å². The first kappa shape index (κ1) is 14.1. The third kappa shape index (κ3) is 2.98. The van der Waals surface area contributed by atoms with Crippen molar-refractivity contribution in [3.8, 4) is 5.75 Å². The van der Waals surface area contributed by atoms with E-state index in [4.69, 9.17) is 17.0 Å². The van der Waals surface area contributed by atoms with E-state index in [1.165, 1.54) is 11.8 Å². The fourth-order valence-electron chi connectivity index (χ4n) is 1.78. The Morgan fingerprint density at radius 1 is 1.32 bits per heavy atom. The van der Waals surface area contributed by atoms with Crippen LogP contribution in [0, 0.1) is 0 Å². The molecule has 0 atom stereocenters. The lowest BCUT2D eigenvalue weighted by molar-refractivity contribution is -0.123. The largest absolute Gasteiger partial charge is 0.497 e. The molecule has 1 aromatic carbocycles. The lowest BCUT2D eigenvalue weighted by atomic mass is 10.2. The van der Waals surface area contributed by atoms with Gasteiger partial charge in [0, 0.05) is 6.04 Å². The van der Waals surface area contributed by atoms with Crippen LogP contribution in [0.5, 0.6) is 5.75 Å². The van der Waals surface area contributed by atoms with Crippen molar-refractivity contribution in [2.45, 2.75) is 19.9 Å². The van der Waals surface area contributed by atoms with E-state index in [-0.39, 0.29) is 11.9 Å². The van der Waals surface area contributed by atoms with Gasteiger partial charge in [-0.05, 0) is 37.6 Å². The molecule has 1 aliphatic rings. The van der Waals surface area contributed by atoms with E-state index < -0.39 is 0 Å². The average Bonchev–Trinajstić information content (AvgIpc) is 2.65. The van der Waals surface area contributed by atoms with Crippen molar-refractivity contribution in [2.75, 3.05) is 7.11 Å². The van der Waals surface area contributed by atoms with Gasteiger partial charge in [-0.3, -0.25) is 9.69 Å². The normalized spacial score (nSPS) is 17.7. The Labute approximate surface area is 122 Å². The number of hydrogen-bond acceptors (Lipinski definition) is 4. The first-order valence-electron chi connectivity index (χ1n) is 5.94. The summed E-state index contributed by atoms with van der Waals surface area (Å²) in [6, 6.07) is 7.67. The number of hydrogen-bond donors (Lipinski definition) is 0. The minimum atomic E-state index is -0.0131. The van der Waals surface area contributed by atoms with E-state index in [1.807, 2.05) is 44.2 Å². The maximum atomic E-state index is 12.2. The van der Waals surface area contributed by atoms with Gasteiger partial charge in [0.15, 0.2) is 0 Å². The van der Waals surface area contributed by atoms with Crippen LogP contribution in [0.15, 0.2) is 29.2 Å². The van der Waals surface area contributed by atoms with Gasteiger partial charge in [0.1, 0.15) is 10.1 Å². The molecular weight excluding hydrogens is 278 g/mol. The van der Waals surface area contributed by atoms with Crippen LogP contribution in [-0.4, -0.2) is 28.3 Å². The molecule has 1 heterocycles. The van der Waals surface area contributed by atoms with Gasteiger partial charge in [0.2, 0.25) is 0 Å². The van der Waals surface area contributed by atoms with E-state index in [2.05, 4.69) is 0 Å². The van der Waals surface area contributed by atoms with Crippen LogP contribution in [0.2, 0.25) is 0 Å². The second kappa shape index (κ2) is 5.75. The molecule has 0 radical (unpaired) electrons. The van der Waals surface area contributed by atoms with Gasteiger partial charge in [-0.2, -0.15) is 0 Å². The highest BCUT2D eigenvalue weighted by atomic mass is 32.2. The van der Waals surface area contributed by atoms with Crippen LogP contribution in [0.4, 0.5) is 0 Å². The Bertz CT molecular complexity index is 535. The van der Waals surface area contributed by atoms with Gasteiger partial charge in [-0.1, -0.05) is 36.1 Å². The van der Waals surface area contributed by atoms with Crippen LogP contribution in [0.3, 0.4) is 0 Å². The smallest absolute Gasteiger partial charge is 0.266 e. The molecule has 1 amide bonds. The van der Waals surface area contributed by atoms with Crippen LogP contribution < -0.4 is 4.74 Å². The van der Waals surface area contributed by atoms with Crippen LogP contribution in [-0.2, 0) is 4.79 Å². The number of thiocarbonyl (C=S) groups is 1. The Balaban J connectivity index is 2.24. The number of benzene rings is 1. The second-order valence-electron chi connectivity index (χ2n) is 4.42. The maximum Gasteiger partial charge on any atom is 0.266 e. The fourth-order valence-corrected chi connectivity index (χ4v) is 3.30. The first-order chi connectivity index (χ1) is 9.02.